The Morgan fingerprint density at radius 2 is 2.36 bits per heavy atom. The summed E-state index contributed by atoms with van der Waals surface area (Å²) in [6.07, 6.45) is 4.94. The number of rotatable bonds is 7. The maximum atomic E-state index is 12.2. The van der Waals surface area contributed by atoms with Gasteiger partial charge in [0.15, 0.2) is 0 Å². The van der Waals surface area contributed by atoms with Crippen molar-refractivity contribution < 1.29 is 18.7 Å². The smallest absolute Gasteiger partial charge is 0.329 e. The van der Waals surface area contributed by atoms with Gasteiger partial charge in [0.25, 0.3) is 0 Å². The van der Waals surface area contributed by atoms with Crippen molar-refractivity contribution in [3.05, 3.63) is 42.4 Å². The molecule has 0 fully saturated rings. The predicted molar refractivity (Wildman–Crippen MR) is 81.1 cm³/mol. The minimum atomic E-state index is -0.763. The van der Waals surface area contributed by atoms with E-state index in [9.17, 15) is 9.59 Å². The van der Waals surface area contributed by atoms with E-state index in [1.807, 2.05) is 0 Å². The molecule has 22 heavy (non-hydrogen) atoms. The summed E-state index contributed by atoms with van der Waals surface area (Å²) in [5.74, 6) is -0.130. The molecule has 2 heterocycles. The molecule has 2 aromatic rings. The lowest BCUT2D eigenvalue weighted by Crippen LogP contribution is -2.47. The predicted octanol–water partition coefficient (Wildman–Crippen LogP) is 1.51. The van der Waals surface area contributed by atoms with Gasteiger partial charge in [-0.3, -0.25) is 4.79 Å². The molecular weight excluding hydrogens is 354 g/mol. The molecule has 0 saturated heterocycles. The number of esters is 1. The Balaban J connectivity index is 2.25. The van der Waals surface area contributed by atoms with E-state index >= 15 is 0 Å². The number of methoxy groups -OCH3 is 1. The second-order valence-corrected chi connectivity index (χ2v) is 5.12. The number of nitrogens with zero attached hydrogens (tertiary/aromatic N) is 2. The first kappa shape index (κ1) is 16.3. The molecule has 1 atom stereocenters. The number of H-pyrrole nitrogens is 1. The topological polar surface area (TPSA) is 88.4 Å². The number of hydrogen-bond acceptors (Lipinski definition) is 5. The number of imidazole rings is 1. The van der Waals surface area contributed by atoms with Crippen LogP contribution in [-0.2, 0) is 27.3 Å². The summed E-state index contributed by atoms with van der Waals surface area (Å²) < 4.78 is 10.1. The fourth-order valence-corrected chi connectivity index (χ4v) is 2.40. The number of ether oxygens (including phenoxy) is 1. The second kappa shape index (κ2) is 7.79. The van der Waals surface area contributed by atoms with E-state index < -0.39 is 12.0 Å². The number of carbonyl (C=O) groups is 2. The average molecular weight is 370 g/mol. The van der Waals surface area contributed by atoms with Crippen LogP contribution in [0.15, 0.2) is 35.3 Å². The molecule has 0 unspecified atom stereocenters. The summed E-state index contributed by atoms with van der Waals surface area (Å²) in [4.78, 5) is 32.6. The fourth-order valence-electron chi connectivity index (χ4n) is 2.08. The van der Waals surface area contributed by atoms with Crippen LogP contribution in [0.25, 0.3) is 0 Å². The number of alkyl halides is 1. The van der Waals surface area contributed by atoms with E-state index in [2.05, 4.69) is 25.9 Å². The molecule has 0 aliphatic rings. The number of aromatic amines is 1. The number of aromatic nitrogens is 2. The highest BCUT2D eigenvalue weighted by Crippen LogP contribution is 2.15. The zero-order valence-electron chi connectivity index (χ0n) is 12.0. The Morgan fingerprint density at radius 1 is 1.55 bits per heavy atom. The lowest BCUT2D eigenvalue weighted by atomic mass is 10.1. The summed E-state index contributed by atoms with van der Waals surface area (Å²) in [5, 5.41) is 0.101. The van der Waals surface area contributed by atoms with Crippen LogP contribution in [-0.4, -0.2) is 45.2 Å². The molecule has 0 aliphatic heterocycles. The maximum absolute atomic E-state index is 12.2. The van der Waals surface area contributed by atoms with Crippen LogP contribution in [0.3, 0.4) is 0 Å². The van der Waals surface area contributed by atoms with Crippen molar-refractivity contribution >= 4 is 27.8 Å². The molecule has 1 N–H and O–H groups in total. The monoisotopic (exact) mass is 369 g/mol. The molecule has 2 aromatic heterocycles. The van der Waals surface area contributed by atoms with Gasteiger partial charge in [-0.1, -0.05) is 15.9 Å². The van der Waals surface area contributed by atoms with E-state index in [-0.39, 0.29) is 24.2 Å². The molecule has 0 bridgehead atoms. The Bertz CT molecular complexity index is 543. The molecule has 2 rings (SSSR count). The van der Waals surface area contributed by atoms with Crippen LogP contribution in [0, 0.1) is 0 Å². The van der Waals surface area contributed by atoms with E-state index in [1.165, 1.54) is 24.6 Å². The van der Waals surface area contributed by atoms with E-state index in [1.54, 1.807) is 18.3 Å². The first-order chi connectivity index (χ1) is 10.7. The van der Waals surface area contributed by atoms with Crippen molar-refractivity contribution in [2.45, 2.75) is 19.0 Å². The second-order valence-electron chi connectivity index (χ2n) is 4.55. The van der Waals surface area contributed by atoms with Crippen molar-refractivity contribution in [2.75, 3.05) is 12.4 Å². The van der Waals surface area contributed by atoms with Crippen LogP contribution in [0.1, 0.15) is 11.5 Å². The van der Waals surface area contributed by atoms with E-state index in [0.717, 1.165) is 5.69 Å². The summed E-state index contributed by atoms with van der Waals surface area (Å²) in [5.41, 5.74) is 0.738. The van der Waals surface area contributed by atoms with Gasteiger partial charge in [0.05, 0.1) is 31.6 Å². The first-order valence-electron chi connectivity index (χ1n) is 6.58. The normalized spacial score (nSPS) is 11.9. The highest BCUT2D eigenvalue weighted by Gasteiger charge is 2.31. The molecule has 0 aromatic carbocycles. The van der Waals surface area contributed by atoms with Crippen molar-refractivity contribution in [2.24, 2.45) is 0 Å². The molecule has 0 radical (unpaired) electrons. The van der Waals surface area contributed by atoms with Crippen LogP contribution in [0.5, 0.6) is 0 Å². The van der Waals surface area contributed by atoms with Gasteiger partial charge < -0.3 is 19.0 Å². The van der Waals surface area contributed by atoms with Gasteiger partial charge in [-0.05, 0) is 12.1 Å². The van der Waals surface area contributed by atoms with Crippen molar-refractivity contribution in [1.82, 2.24) is 14.9 Å². The Labute approximate surface area is 135 Å². The van der Waals surface area contributed by atoms with Crippen LogP contribution in [0.4, 0.5) is 0 Å². The van der Waals surface area contributed by atoms with Crippen LogP contribution >= 0.6 is 15.9 Å². The van der Waals surface area contributed by atoms with Crippen molar-refractivity contribution in [3.8, 4) is 0 Å². The molecule has 8 heteroatoms. The standard InChI is InChI=1S/C14H16BrN3O4/c1-21-14(20)12(5-10-7-16-9-17-10)18(13(19)6-15)8-11-3-2-4-22-11/h2-4,7,9,12H,5-6,8H2,1H3,(H,16,17)/t12-/m1/s1. The zero-order valence-corrected chi connectivity index (χ0v) is 13.6. The summed E-state index contributed by atoms with van der Waals surface area (Å²) in [7, 11) is 1.30. The van der Waals surface area contributed by atoms with Crippen molar-refractivity contribution in [1.29, 1.82) is 0 Å². The molecule has 7 nitrogen and oxygen atoms in total. The SMILES string of the molecule is COC(=O)[C@@H](Cc1cnc[nH]1)N(Cc1ccco1)C(=O)CBr. The summed E-state index contributed by atoms with van der Waals surface area (Å²) in [6, 6.07) is 2.72. The number of furan rings is 1. The molecule has 0 spiro atoms. The van der Waals surface area contributed by atoms with Gasteiger partial charge in [0.1, 0.15) is 11.8 Å². The highest BCUT2D eigenvalue weighted by atomic mass is 79.9. The Kier molecular flexibility index (Phi) is 5.76. The highest BCUT2D eigenvalue weighted by molar-refractivity contribution is 9.09. The van der Waals surface area contributed by atoms with Crippen molar-refractivity contribution in [3.63, 3.8) is 0 Å². The van der Waals surface area contributed by atoms with Gasteiger partial charge in [0, 0.05) is 18.3 Å². The van der Waals surface area contributed by atoms with Crippen LogP contribution in [0.2, 0.25) is 0 Å². The number of amides is 1. The van der Waals surface area contributed by atoms with Gasteiger partial charge >= 0.3 is 5.97 Å². The summed E-state index contributed by atoms with van der Waals surface area (Å²) in [6.45, 7) is 0.186. The minimum absolute atomic E-state index is 0.101. The lowest BCUT2D eigenvalue weighted by Gasteiger charge is -2.28. The quantitative estimate of drug-likeness (QED) is 0.590. The average Bonchev–Trinajstić information content (AvgIpc) is 3.22. The Hall–Kier alpha value is -2.09. The van der Waals surface area contributed by atoms with E-state index in [0.29, 0.717) is 5.76 Å². The number of hydrogen-bond donors (Lipinski definition) is 1. The fraction of sp³-hybridized carbons (Fsp3) is 0.357. The van der Waals surface area contributed by atoms with Gasteiger partial charge in [-0.2, -0.15) is 0 Å². The summed E-state index contributed by atoms with van der Waals surface area (Å²) >= 11 is 3.14. The van der Waals surface area contributed by atoms with E-state index in [4.69, 9.17) is 9.15 Å². The molecular formula is C14H16BrN3O4. The molecule has 118 valence electrons. The molecule has 0 aliphatic carbocycles. The number of nitrogens with one attached hydrogen (secondary N) is 1. The third-order valence-corrected chi connectivity index (χ3v) is 3.64. The zero-order chi connectivity index (χ0) is 15.9. The number of halogens is 1. The number of carbonyl (C=O) groups excluding carboxylic acids is 2. The molecule has 0 saturated carbocycles. The minimum Gasteiger partial charge on any atom is -0.467 e. The first-order valence-corrected chi connectivity index (χ1v) is 7.70. The maximum Gasteiger partial charge on any atom is 0.329 e. The van der Waals surface area contributed by atoms with Crippen LogP contribution < -0.4 is 0 Å². The largest absolute Gasteiger partial charge is 0.467 e. The lowest BCUT2D eigenvalue weighted by molar-refractivity contribution is -0.152. The third kappa shape index (κ3) is 3.97. The molecule has 1 amide bonds. The van der Waals surface area contributed by atoms with Gasteiger partial charge in [0.2, 0.25) is 5.91 Å². The third-order valence-electron chi connectivity index (χ3n) is 3.16. The van der Waals surface area contributed by atoms with Gasteiger partial charge in [-0.25, -0.2) is 9.78 Å². The van der Waals surface area contributed by atoms with Gasteiger partial charge in [-0.15, -0.1) is 0 Å². The Morgan fingerprint density at radius 3 is 2.91 bits per heavy atom.